The number of hydrogen-bond donors (Lipinski definition) is 2. The number of aliphatic imine (C=N–C) groups is 1. The van der Waals surface area contributed by atoms with Crippen molar-refractivity contribution in [3.05, 3.63) is 59.7 Å². The van der Waals surface area contributed by atoms with Gasteiger partial charge >= 0.3 is 0 Å². The van der Waals surface area contributed by atoms with Crippen molar-refractivity contribution in [2.24, 2.45) is 10.7 Å². The minimum absolute atomic E-state index is 0.409. The fourth-order valence-electron chi connectivity index (χ4n) is 1.95. The van der Waals surface area contributed by atoms with E-state index < -0.39 is 0 Å². The third-order valence-corrected chi connectivity index (χ3v) is 2.90. The number of benzene rings is 2. The number of rotatable bonds is 3. The van der Waals surface area contributed by atoms with Crippen LogP contribution >= 0.6 is 0 Å². The molecule has 0 spiro atoms. The van der Waals surface area contributed by atoms with Gasteiger partial charge in [-0.15, -0.1) is 0 Å². The summed E-state index contributed by atoms with van der Waals surface area (Å²) < 4.78 is 0. The van der Waals surface area contributed by atoms with Crippen LogP contribution in [0.3, 0.4) is 0 Å². The van der Waals surface area contributed by atoms with Gasteiger partial charge in [-0.3, -0.25) is 0 Å². The summed E-state index contributed by atoms with van der Waals surface area (Å²) >= 11 is 0. The van der Waals surface area contributed by atoms with Crippen LogP contribution < -0.4 is 11.1 Å². The van der Waals surface area contributed by atoms with Crippen molar-refractivity contribution in [1.82, 2.24) is 0 Å². The molecule has 0 aliphatic heterocycles. The highest BCUT2D eigenvalue weighted by Gasteiger charge is 2.00. The summed E-state index contributed by atoms with van der Waals surface area (Å²) in [6.07, 6.45) is 0.942. The number of nitrogens with two attached hydrogens (primary N) is 1. The van der Waals surface area contributed by atoms with Crippen molar-refractivity contribution in [2.75, 3.05) is 5.32 Å². The maximum atomic E-state index is 5.95. The van der Waals surface area contributed by atoms with Crippen molar-refractivity contribution < 1.29 is 0 Å². The fourth-order valence-corrected chi connectivity index (χ4v) is 1.95. The van der Waals surface area contributed by atoms with Gasteiger partial charge in [-0.25, -0.2) is 4.99 Å². The van der Waals surface area contributed by atoms with Crippen LogP contribution in [0.4, 0.5) is 11.4 Å². The molecule has 0 aliphatic rings. The number of guanidine groups is 1. The number of para-hydroxylation sites is 1. The van der Waals surface area contributed by atoms with Crippen LogP contribution in [0, 0.1) is 6.92 Å². The molecule has 98 valence electrons. The molecule has 0 fully saturated rings. The lowest BCUT2D eigenvalue weighted by molar-refractivity contribution is 1.13. The summed E-state index contributed by atoms with van der Waals surface area (Å²) in [7, 11) is 0. The Kier molecular flexibility index (Phi) is 4.18. The van der Waals surface area contributed by atoms with Gasteiger partial charge in [0.25, 0.3) is 0 Å². The third-order valence-electron chi connectivity index (χ3n) is 2.90. The second-order valence-electron chi connectivity index (χ2n) is 4.47. The van der Waals surface area contributed by atoms with Gasteiger partial charge in [0.05, 0.1) is 5.69 Å². The largest absolute Gasteiger partial charge is 0.369 e. The Balaban J connectivity index is 2.19. The van der Waals surface area contributed by atoms with E-state index in [-0.39, 0.29) is 0 Å². The van der Waals surface area contributed by atoms with Crippen molar-refractivity contribution in [1.29, 1.82) is 0 Å². The average Bonchev–Trinajstić information content (AvgIpc) is 2.39. The van der Waals surface area contributed by atoms with Gasteiger partial charge in [0, 0.05) is 5.69 Å². The minimum Gasteiger partial charge on any atom is -0.369 e. The smallest absolute Gasteiger partial charge is 0.198 e. The van der Waals surface area contributed by atoms with Gasteiger partial charge in [-0.2, -0.15) is 0 Å². The van der Waals surface area contributed by atoms with E-state index >= 15 is 0 Å². The molecule has 0 amide bonds. The van der Waals surface area contributed by atoms with E-state index in [2.05, 4.69) is 23.3 Å². The molecule has 2 rings (SSSR count). The van der Waals surface area contributed by atoms with Crippen LogP contribution in [0.5, 0.6) is 0 Å². The molecule has 0 heterocycles. The van der Waals surface area contributed by atoms with Gasteiger partial charge in [0.15, 0.2) is 5.96 Å². The minimum atomic E-state index is 0.409. The Morgan fingerprint density at radius 2 is 1.95 bits per heavy atom. The monoisotopic (exact) mass is 253 g/mol. The second kappa shape index (κ2) is 6.05. The van der Waals surface area contributed by atoms with Crippen LogP contribution in [0.15, 0.2) is 53.5 Å². The molecule has 0 aromatic heterocycles. The fraction of sp³-hybridized carbons (Fsp3) is 0.188. The van der Waals surface area contributed by atoms with E-state index in [4.69, 9.17) is 5.73 Å². The molecule has 19 heavy (non-hydrogen) atoms. The van der Waals surface area contributed by atoms with Gasteiger partial charge in [0.1, 0.15) is 0 Å². The van der Waals surface area contributed by atoms with E-state index in [0.29, 0.717) is 5.96 Å². The first-order valence-corrected chi connectivity index (χ1v) is 6.45. The Labute approximate surface area is 114 Å². The topological polar surface area (TPSA) is 50.4 Å². The van der Waals surface area contributed by atoms with Gasteiger partial charge < -0.3 is 11.1 Å². The molecule has 0 saturated heterocycles. The molecule has 3 nitrogen and oxygen atoms in total. The van der Waals surface area contributed by atoms with Gasteiger partial charge in [-0.05, 0) is 42.7 Å². The maximum absolute atomic E-state index is 5.95. The lowest BCUT2D eigenvalue weighted by atomic mass is 10.1. The van der Waals surface area contributed by atoms with E-state index in [1.54, 1.807) is 0 Å². The number of anilines is 1. The molecule has 3 heteroatoms. The lowest BCUT2D eigenvalue weighted by Crippen LogP contribution is -2.22. The molecule has 0 aliphatic carbocycles. The van der Waals surface area contributed by atoms with E-state index in [1.807, 2.05) is 49.4 Å². The van der Waals surface area contributed by atoms with E-state index in [0.717, 1.165) is 17.8 Å². The summed E-state index contributed by atoms with van der Waals surface area (Å²) in [6, 6.07) is 16.1. The van der Waals surface area contributed by atoms with Crippen LogP contribution in [-0.2, 0) is 6.42 Å². The molecular formula is C16H19N3. The predicted octanol–water partition coefficient (Wildman–Crippen LogP) is 3.62. The Morgan fingerprint density at radius 3 is 2.68 bits per heavy atom. The third kappa shape index (κ3) is 3.58. The summed E-state index contributed by atoms with van der Waals surface area (Å²) in [6.45, 7) is 4.16. The molecule has 2 aromatic rings. The van der Waals surface area contributed by atoms with Crippen molar-refractivity contribution in [3.8, 4) is 0 Å². The highest BCUT2D eigenvalue weighted by molar-refractivity contribution is 5.94. The van der Waals surface area contributed by atoms with Crippen LogP contribution in [-0.4, -0.2) is 5.96 Å². The van der Waals surface area contributed by atoms with Gasteiger partial charge in [0.2, 0.25) is 0 Å². The second-order valence-corrected chi connectivity index (χ2v) is 4.47. The van der Waals surface area contributed by atoms with Crippen molar-refractivity contribution in [3.63, 3.8) is 0 Å². The molecule has 0 bridgehead atoms. The zero-order chi connectivity index (χ0) is 13.7. The summed E-state index contributed by atoms with van der Waals surface area (Å²) in [4.78, 5) is 4.44. The normalized spacial score (nSPS) is 11.4. The number of nitrogens with zero attached hydrogens (tertiary/aromatic N) is 1. The summed E-state index contributed by atoms with van der Waals surface area (Å²) in [5.74, 6) is 0.409. The average molecular weight is 253 g/mol. The molecule has 0 radical (unpaired) electrons. The van der Waals surface area contributed by atoms with Crippen molar-refractivity contribution >= 4 is 17.3 Å². The standard InChI is InChI=1S/C16H19N3/c1-3-13-8-4-5-10-15(13)19-16(17)18-14-9-6-7-12(2)11-14/h4-11H,3H2,1-2H3,(H3,17,18,19). The first-order valence-electron chi connectivity index (χ1n) is 6.45. The van der Waals surface area contributed by atoms with E-state index in [1.165, 1.54) is 11.1 Å². The first-order chi connectivity index (χ1) is 9.19. The van der Waals surface area contributed by atoms with Crippen molar-refractivity contribution in [2.45, 2.75) is 20.3 Å². The quantitative estimate of drug-likeness (QED) is 0.648. The Hall–Kier alpha value is -2.29. The molecule has 3 N–H and O–H groups in total. The van der Waals surface area contributed by atoms with Crippen LogP contribution in [0.2, 0.25) is 0 Å². The molecule has 2 aromatic carbocycles. The lowest BCUT2D eigenvalue weighted by Gasteiger charge is -2.08. The SMILES string of the molecule is CCc1ccccc1N=C(N)Nc1cccc(C)c1. The summed E-state index contributed by atoms with van der Waals surface area (Å²) in [5.41, 5.74) is 10.2. The zero-order valence-corrected chi connectivity index (χ0v) is 11.4. The predicted molar refractivity (Wildman–Crippen MR) is 81.9 cm³/mol. The maximum Gasteiger partial charge on any atom is 0.198 e. The number of nitrogens with one attached hydrogen (secondary N) is 1. The Bertz CT molecular complexity index is 588. The van der Waals surface area contributed by atoms with E-state index in [9.17, 15) is 0 Å². The number of hydrogen-bond acceptors (Lipinski definition) is 1. The highest BCUT2D eigenvalue weighted by atomic mass is 15.1. The summed E-state index contributed by atoms with van der Waals surface area (Å²) in [5, 5.41) is 3.11. The zero-order valence-electron chi connectivity index (χ0n) is 11.4. The van der Waals surface area contributed by atoms with Crippen LogP contribution in [0.1, 0.15) is 18.1 Å². The molecule has 0 unspecified atom stereocenters. The molecule has 0 saturated carbocycles. The molecule has 0 atom stereocenters. The highest BCUT2D eigenvalue weighted by Crippen LogP contribution is 2.19. The van der Waals surface area contributed by atoms with Crippen LogP contribution in [0.25, 0.3) is 0 Å². The number of aryl methyl sites for hydroxylation is 2. The van der Waals surface area contributed by atoms with Gasteiger partial charge in [-0.1, -0.05) is 37.3 Å². The Morgan fingerprint density at radius 1 is 1.16 bits per heavy atom. The first kappa shape index (κ1) is 13.1. The molecular weight excluding hydrogens is 234 g/mol.